The largest absolute Gasteiger partial charge is 0.416 e. The van der Waals surface area contributed by atoms with Crippen molar-refractivity contribution in [3.8, 4) is 0 Å². The molecule has 1 unspecified atom stereocenters. The fourth-order valence-corrected chi connectivity index (χ4v) is 6.19. The van der Waals surface area contributed by atoms with Crippen molar-refractivity contribution in [2.75, 3.05) is 10.6 Å². The lowest BCUT2D eigenvalue weighted by molar-refractivity contribution is -0.137. The van der Waals surface area contributed by atoms with Gasteiger partial charge >= 0.3 is 6.18 Å². The van der Waals surface area contributed by atoms with Crippen LogP contribution in [0.15, 0.2) is 138 Å². The molecule has 0 radical (unpaired) electrons. The van der Waals surface area contributed by atoms with E-state index in [1.807, 2.05) is 0 Å². The number of anilines is 2. The van der Waals surface area contributed by atoms with Crippen LogP contribution in [0, 0.1) is 0 Å². The molecule has 3 amide bonds. The third-order valence-electron chi connectivity index (χ3n) is 6.96. The van der Waals surface area contributed by atoms with Gasteiger partial charge in [0.1, 0.15) is 10.9 Å². The highest BCUT2D eigenvalue weighted by Crippen LogP contribution is 2.38. The molecule has 0 aliphatic rings. The molecular weight excluding hydrogens is 694 g/mol. The highest BCUT2D eigenvalue weighted by Gasteiger charge is 2.31. The molecule has 5 rings (SSSR count). The van der Waals surface area contributed by atoms with Crippen molar-refractivity contribution < 1.29 is 27.6 Å². The van der Waals surface area contributed by atoms with E-state index in [2.05, 4.69) is 16.0 Å². The Morgan fingerprint density at radius 3 is 1.94 bits per heavy atom. The quantitative estimate of drug-likeness (QED) is 0.0991. The van der Waals surface area contributed by atoms with Crippen molar-refractivity contribution >= 4 is 70.1 Å². The molecule has 49 heavy (non-hydrogen) atoms. The summed E-state index contributed by atoms with van der Waals surface area (Å²) in [6.45, 7) is 0. The van der Waals surface area contributed by atoms with Crippen LogP contribution < -0.4 is 16.0 Å². The number of alkyl halides is 3. The van der Waals surface area contributed by atoms with Crippen LogP contribution in [-0.4, -0.2) is 17.7 Å². The molecule has 3 N–H and O–H groups in total. The van der Waals surface area contributed by atoms with Crippen LogP contribution in [0.1, 0.15) is 32.3 Å². The van der Waals surface area contributed by atoms with Gasteiger partial charge in [-0.25, -0.2) is 0 Å². The monoisotopic (exact) mass is 719 g/mol. The molecule has 0 saturated carbocycles. The number of amides is 3. The predicted molar refractivity (Wildman–Crippen MR) is 189 cm³/mol. The third-order valence-corrected chi connectivity index (χ3v) is 8.87. The first-order valence-corrected chi connectivity index (χ1v) is 16.2. The Balaban J connectivity index is 1.40. The summed E-state index contributed by atoms with van der Waals surface area (Å²) in [5.74, 6) is -1.76. The molecule has 5 aromatic rings. The van der Waals surface area contributed by atoms with Crippen molar-refractivity contribution in [3.05, 3.63) is 165 Å². The molecule has 0 heterocycles. The molecule has 0 aromatic heterocycles. The summed E-state index contributed by atoms with van der Waals surface area (Å²) in [5, 5.41) is 7.67. The second-order valence-electron chi connectivity index (χ2n) is 10.5. The van der Waals surface area contributed by atoms with E-state index in [-0.39, 0.29) is 21.4 Å². The molecule has 0 aliphatic heterocycles. The highest BCUT2D eigenvalue weighted by molar-refractivity contribution is 8.00. The Labute approximate surface area is 294 Å². The number of nitrogens with one attached hydrogen (secondary N) is 3. The van der Waals surface area contributed by atoms with Crippen molar-refractivity contribution in [2.24, 2.45) is 0 Å². The van der Waals surface area contributed by atoms with Crippen LogP contribution in [0.4, 0.5) is 24.5 Å². The van der Waals surface area contributed by atoms with Crippen LogP contribution in [0.25, 0.3) is 6.08 Å². The summed E-state index contributed by atoms with van der Waals surface area (Å²) in [7, 11) is 0. The van der Waals surface area contributed by atoms with E-state index in [0.29, 0.717) is 27.3 Å². The minimum absolute atomic E-state index is 0.00198. The van der Waals surface area contributed by atoms with Gasteiger partial charge in [0.2, 0.25) is 5.91 Å². The first kappa shape index (κ1) is 35.3. The van der Waals surface area contributed by atoms with Crippen LogP contribution >= 0.6 is 35.0 Å². The van der Waals surface area contributed by atoms with Crippen molar-refractivity contribution in [3.63, 3.8) is 0 Å². The van der Waals surface area contributed by atoms with Crippen LogP contribution in [0.5, 0.6) is 0 Å². The lowest BCUT2D eigenvalue weighted by Gasteiger charge is -2.18. The molecule has 1 atom stereocenters. The van der Waals surface area contributed by atoms with Crippen LogP contribution in [0.3, 0.4) is 0 Å². The summed E-state index contributed by atoms with van der Waals surface area (Å²) in [6.07, 6.45) is -3.19. The first-order chi connectivity index (χ1) is 23.5. The maximum Gasteiger partial charge on any atom is 0.416 e. The van der Waals surface area contributed by atoms with E-state index in [1.165, 1.54) is 18.2 Å². The lowest BCUT2D eigenvalue weighted by Crippen LogP contribution is -2.30. The Morgan fingerprint density at radius 1 is 0.694 bits per heavy atom. The smallest absolute Gasteiger partial charge is 0.325 e. The van der Waals surface area contributed by atoms with Crippen LogP contribution in [-0.2, 0) is 15.8 Å². The summed E-state index contributed by atoms with van der Waals surface area (Å²) >= 11 is 13.9. The van der Waals surface area contributed by atoms with Gasteiger partial charge in [0.05, 0.1) is 5.56 Å². The van der Waals surface area contributed by atoms with Gasteiger partial charge in [-0.05, 0) is 72.3 Å². The average Bonchev–Trinajstić information content (AvgIpc) is 3.09. The second-order valence-corrected chi connectivity index (χ2v) is 12.5. The number of hydrogen-bond donors (Lipinski definition) is 3. The fourth-order valence-electron chi connectivity index (χ4n) is 4.60. The van der Waals surface area contributed by atoms with Gasteiger partial charge < -0.3 is 16.0 Å². The van der Waals surface area contributed by atoms with Gasteiger partial charge in [-0.3, -0.25) is 14.4 Å². The number of hydrogen-bond acceptors (Lipinski definition) is 4. The SMILES string of the molecule is O=C(Nc1cccc(SC(C(=O)Nc2cccc(C(F)(F)F)c2)c2ccccc2)c1)/C(=C\c1c(Cl)cccc1Cl)NC(=O)c1ccccc1. The number of carbonyl (C=O) groups is 3. The predicted octanol–water partition coefficient (Wildman–Crippen LogP) is 9.89. The molecule has 248 valence electrons. The summed E-state index contributed by atoms with van der Waals surface area (Å²) in [4.78, 5) is 40.8. The maximum absolute atomic E-state index is 13.6. The Hall–Kier alpha value is -5.03. The van der Waals surface area contributed by atoms with E-state index < -0.39 is 34.7 Å². The van der Waals surface area contributed by atoms with Gasteiger partial charge in [0.15, 0.2) is 0 Å². The minimum atomic E-state index is -4.57. The summed E-state index contributed by atoms with van der Waals surface area (Å²) < 4.78 is 39.9. The lowest BCUT2D eigenvalue weighted by atomic mass is 10.1. The molecule has 0 bridgehead atoms. The van der Waals surface area contributed by atoms with E-state index in [1.54, 1.807) is 103 Å². The molecule has 0 aliphatic carbocycles. The molecular formula is C37H26Cl2F3N3O3S. The van der Waals surface area contributed by atoms with Crippen molar-refractivity contribution in [1.82, 2.24) is 5.32 Å². The van der Waals surface area contributed by atoms with Gasteiger partial charge in [0.25, 0.3) is 11.8 Å². The maximum atomic E-state index is 13.6. The third kappa shape index (κ3) is 9.54. The number of thioether (sulfide) groups is 1. The standard InChI is InChI=1S/C37H26Cl2F3N3O3S/c38-30-18-9-19-31(39)29(30)22-32(45-34(46)24-12-5-2-6-13-24)35(47)43-27-16-8-17-28(21-27)49-33(23-10-3-1-4-11-23)36(48)44-26-15-7-14-25(20-26)37(40,41)42/h1-22,33H,(H,43,47)(H,44,48)(H,45,46)/b32-22+. The van der Waals surface area contributed by atoms with E-state index in [0.717, 1.165) is 23.9 Å². The fraction of sp³-hybridized carbons (Fsp3) is 0.0541. The average molecular weight is 721 g/mol. The zero-order valence-electron chi connectivity index (χ0n) is 25.3. The number of rotatable bonds is 10. The van der Waals surface area contributed by atoms with E-state index >= 15 is 0 Å². The number of benzene rings is 5. The number of carbonyl (C=O) groups excluding carboxylic acids is 3. The molecule has 0 saturated heterocycles. The normalized spacial score (nSPS) is 12.1. The molecule has 0 fully saturated rings. The van der Waals surface area contributed by atoms with Gasteiger partial charge in [-0.1, -0.05) is 89.9 Å². The first-order valence-electron chi connectivity index (χ1n) is 14.6. The van der Waals surface area contributed by atoms with Gasteiger partial charge in [0, 0.05) is 37.4 Å². The molecule has 6 nitrogen and oxygen atoms in total. The minimum Gasteiger partial charge on any atom is -0.325 e. The molecule has 5 aromatic carbocycles. The van der Waals surface area contributed by atoms with Gasteiger partial charge in [-0.2, -0.15) is 13.2 Å². The zero-order chi connectivity index (χ0) is 35.0. The highest BCUT2D eigenvalue weighted by atomic mass is 35.5. The Bertz CT molecular complexity index is 1990. The summed E-state index contributed by atoms with van der Waals surface area (Å²) in [6, 6.07) is 33.0. The zero-order valence-corrected chi connectivity index (χ0v) is 27.6. The van der Waals surface area contributed by atoms with Crippen molar-refractivity contribution in [1.29, 1.82) is 0 Å². The Morgan fingerprint density at radius 2 is 1.29 bits per heavy atom. The van der Waals surface area contributed by atoms with Crippen LogP contribution in [0.2, 0.25) is 10.0 Å². The number of halogens is 5. The molecule has 12 heteroatoms. The van der Waals surface area contributed by atoms with E-state index in [4.69, 9.17) is 23.2 Å². The van der Waals surface area contributed by atoms with E-state index in [9.17, 15) is 27.6 Å². The molecule has 0 spiro atoms. The second kappa shape index (κ2) is 15.9. The van der Waals surface area contributed by atoms with Crippen molar-refractivity contribution in [2.45, 2.75) is 16.3 Å². The summed E-state index contributed by atoms with van der Waals surface area (Å²) in [5.41, 5.74) is 0.568. The topological polar surface area (TPSA) is 87.3 Å². The Kier molecular flexibility index (Phi) is 11.5. The van der Waals surface area contributed by atoms with Gasteiger partial charge in [-0.15, -0.1) is 11.8 Å².